The fourth-order valence-corrected chi connectivity index (χ4v) is 5.84. The van der Waals surface area contributed by atoms with Crippen LogP contribution in [0.15, 0.2) is 45.8 Å². The highest BCUT2D eigenvalue weighted by atomic mass is 16.5. The second kappa shape index (κ2) is 13.3. The van der Waals surface area contributed by atoms with Gasteiger partial charge in [-0.15, -0.1) is 0 Å². The van der Waals surface area contributed by atoms with Gasteiger partial charge in [-0.2, -0.15) is 0 Å². The maximum absolute atomic E-state index is 12.9. The number of carbonyl (C=O) groups is 1. The first kappa shape index (κ1) is 30.3. The number of hydrogen-bond donors (Lipinski definition) is 0. The van der Waals surface area contributed by atoms with Crippen molar-refractivity contribution in [2.24, 2.45) is 17.8 Å². The Labute approximate surface area is 239 Å². The van der Waals surface area contributed by atoms with E-state index in [2.05, 4.69) is 58.6 Å². The molecule has 1 aromatic carbocycles. The third-order valence-corrected chi connectivity index (χ3v) is 8.55. The molecule has 7 heteroatoms. The van der Waals surface area contributed by atoms with Crippen molar-refractivity contribution >= 4 is 5.91 Å². The average Bonchev–Trinajstić information content (AvgIpc) is 2.91. The largest absolute Gasteiger partial charge is 0.482 e. The number of amides is 1. The zero-order valence-corrected chi connectivity index (χ0v) is 25.3. The zero-order valence-electron chi connectivity index (χ0n) is 25.3. The fourth-order valence-electron chi connectivity index (χ4n) is 5.84. The van der Waals surface area contributed by atoms with Gasteiger partial charge < -0.3 is 18.8 Å². The topological polar surface area (TPSA) is 72.2 Å². The first-order valence-corrected chi connectivity index (χ1v) is 14.9. The summed E-state index contributed by atoms with van der Waals surface area (Å²) in [5.74, 6) is 2.65. The lowest BCUT2D eigenvalue weighted by Crippen LogP contribution is -2.49. The molecule has 0 radical (unpaired) electrons. The van der Waals surface area contributed by atoms with Crippen molar-refractivity contribution in [1.82, 2.24) is 9.80 Å². The van der Waals surface area contributed by atoms with Crippen LogP contribution >= 0.6 is 0 Å². The summed E-state index contributed by atoms with van der Waals surface area (Å²) >= 11 is 0. The van der Waals surface area contributed by atoms with Gasteiger partial charge in [0.15, 0.2) is 0 Å². The average molecular weight is 553 g/mol. The molecule has 0 spiro atoms. The van der Waals surface area contributed by atoms with Gasteiger partial charge in [-0.25, -0.2) is 0 Å². The van der Waals surface area contributed by atoms with E-state index in [4.69, 9.17) is 13.9 Å². The Bertz CT molecular complexity index is 1160. The predicted molar refractivity (Wildman–Crippen MR) is 157 cm³/mol. The van der Waals surface area contributed by atoms with E-state index >= 15 is 0 Å². The minimum atomic E-state index is -0.185. The number of piperazine rings is 1. The molecule has 1 saturated carbocycles. The van der Waals surface area contributed by atoms with Crippen molar-refractivity contribution in [3.8, 4) is 5.75 Å². The molecule has 0 N–H and O–H groups in total. The first-order chi connectivity index (χ1) is 19.0. The molecule has 2 fully saturated rings. The van der Waals surface area contributed by atoms with Gasteiger partial charge in [-0.3, -0.25) is 14.5 Å². The highest BCUT2D eigenvalue weighted by Gasteiger charge is 2.32. The van der Waals surface area contributed by atoms with Crippen LogP contribution in [0, 0.1) is 17.8 Å². The van der Waals surface area contributed by atoms with Crippen LogP contribution in [-0.2, 0) is 28.1 Å². The molecule has 7 nitrogen and oxygen atoms in total. The van der Waals surface area contributed by atoms with Gasteiger partial charge in [-0.1, -0.05) is 72.2 Å². The van der Waals surface area contributed by atoms with Gasteiger partial charge in [0.05, 0.1) is 12.6 Å². The van der Waals surface area contributed by atoms with Crippen molar-refractivity contribution in [2.75, 3.05) is 32.8 Å². The van der Waals surface area contributed by atoms with Crippen LogP contribution in [0.5, 0.6) is 5.75 Å². The summed E-state index contributed by atoms with van der Waals surface area (Å²) in [6.07, 6.45) is 5.07. The molecule has 1 aliphatic heterocycles. The van der Waals surface area contributed by atoms with Crippen molar-refractivity contribution in [3.63, 3.8) is 0 Å². The Morgan fingerprint density at radius 1 is 1.07 bits per heavy atom. The van der Waals surface area contributed by atoms with E-state index in [0.717, 1.165) is 25.1 Å². The molecule has 0 bridgehead atoms. The van der Waals surface area contributed by atoms with Gasteiger partial charge in [0.1, 0.15) is 25.2 Å². The first-order valence-electron chi connectivity index (χ1n) is 14.9. The summed E-state index contributed by atoms with van der Waals surface area (Å²) < 4.78 is 17.7. The highest BCUT2D eigenvalue weighted by Crippen LogP contribution is 2.35. The molecule has 220 valence electrons. The van der Waals surface area contributed by atoms with Gasteiger partial charge in [0, 0.05) is 32.2 Å². The van der Waals surface area contributed by atoms with Crippen LogP contribution in [0.1, 0.15) is 77.7 Å². The quantitative estimate of drug-likeness (QED) is 0.401. The number of hydrogen-bond acceptors (Lipinski definition) is 6. The van der Waals surface area contributed by atoms with E-state index < -0.39 is 0 Å². The Morgan fingerprint density at radius 2 is 1.77 bits per heavy atom. The maximum Gasteiger partial charge on any atom is 0.248 e. The number of ether oxygens (including phenoxy) is 2. The molecule has 2 heterocycles. The highest BCUT2D eigenvalue weighted by molar-refractivity contribution is 5.77. The number of nitrogens with zero attached hydrogens (tertiary/aromatic N) is 2. The van der Waals surface area contributed by atoms with Crippen molar-refractivity contribution in [3.05, 3.63) is 63.7 Å². The van der Waals surface area contributed by atoms with Crippen LogP contribution in [0.3, 0.4) is 0 Å². The summed E-state index contributed by atoms with van der Waals surface area (Å²) in [7, 11) is 0. The standard InChI is InChI=1S/C33H48N2O5/c1-23(2)28-12-7-24(3)17-30(28)40-22-32(37)35-15-13-34(14-16-35)19-27-18-29(36)31(21-38-27)39-20-25-8-10-26(11-9-25)33(4,5)6/h8-11,18,21,23-24,28,30H,7,12-17,19-20,22H2,1-6H3/t24-,28+,30-/m1/s1. The normalized spacial score (nSPS) is 22.5. The molecular weight excluding hydrogens is 504 g/mol. The van der Waals surface area contributed by atoms with Crippen LogP contribution in [-0.4, -0.2) is 54.6 Å². The zero-order chi connectivity index (χ0) is 28.9. The molecule has 1 aliphatic carbocycles. The molecule has 2 aliphatic rings. The summed E-state index contributed by atoms with van der Waals surface area (Å²) in [4.78, 5) is 29.6. The molecule has 1 saturated heterocycles. The monoisotopic (exact) mass is 552 g/mol. The van der Waals surface area contributed by atoms with E-state index in [-0.39, 0.29) is 35.2 Å². The lowest BCUT2D eigenvalue weighted by atomic mass is 9.75. The molecule has 4 rings (SSSR count). The third-order valence-electron chi connectivity index (χ3n) is 8.55. The Morgan fingerprint density at radius 3 is 2.40 bits per heavy atom. The number of benzene rings is 1. The Kier molecular flexibility index (Phi) is 10.1. The molecular formula is C33H48N2O5. The van der Waals surface area contributed by atoms with Crippen molar-refractivity contribution in [2.45, 2.75) is 85.5 Å². The summed E-state index contributed by atoms with van der Waals surface area (Å²) in [5, 5.41) is 0. The molecule has 1 amide bonds. The molecule has 1 aromatic heterocycles. The van der Waals surface area contributed by atoms with Gasteiger partial charge in [0.2, 0.25) is 17.1 Å². The van der Waals surface area contributed by atoms with Gasteiger partial charge in [-0.05, 0) is 47.1 Å². The molecule has 3 atom stereocenters. The Hall–Kier alpha value is -2.64. The maximum atomic E-state index is 12.9. The Balaban J connectivity index is 1.21. The van der Waals surface area contributed by atoms with E-state index in [9.17, 15) is 9.59 Å². The summed E-state index contributed by atoms with van der Waals surface area (Å²) in [6, 6.07) is 9.78. The molecule has 2 aromatic rings. The van der Waals surface area contributed by atoms with Crippen LogP contribution in [0.25, 0.3) is 0 Å². The summed E-state index contributed by atoms with van der Waals surface area (Å²) in [5.41, 5.74) is 2.17. The second-order valence-electron chi connectivity index (χ2n) is 13.1. The lowest BCUT2D eigenvalue weighted by molar-refractivity contribution is -0.143. The summed E-state index contributed by atoms with van der Waals surface area (Å²) in [6.45, 7) is 17.1. The van der Waals surface area contributed by atoms with E-state index in [1.54, 1.807) is 0 Å². The second-order valence-corrected chi connectivity index (χ2v) is 13.1. The van der Waals surface area contributed by atoms with Gasteiger partial charge >= 0.3 is 0 Å². The van der Waals surface area contributed by atoms with Crippen LogP contribution in [0.4, 0.5) is 0 Å². The minimum absolute atomic E-state index is 0.0708. The van der Waals surface area contributed by atoms with Gasteiger partial charge in [0.25, 0.3) is 0 Å². The lowest BCUT2D eigenvalue weighted by Gasteiger charge is -2.38. The van der Waals surface area contributed by atoms with Crippen LogP contribution in [0.2, 0.25) is 0 Å². The number of carbonyl (C=O) groups excluding carboxylic acids is 1. The van der Waals surface area contributed by atoms with Crippen molar-refractivity contribution in [1.29, 1.82) is 0 Å². The van der Waals surface area contributed by atoms with E-state index in [1.165, 1.54) is 30.7 Å². The van der Waals surface area contributed by atoms with E-state index in [1.807, 2.05) is 17.0 Å². The molecule has 0 unspecified atom stereocenters. The fraction of sp³-hybridized carbons (Fsp3) is 0.636. The third kappa shape index (κ3) is 8.20. The molecule has 40 heavy (non-hydrogen) atoms. The van der Waals surface area contributed by atoms with E-state index in [0.29, 0.717) is 49.8 Å². The van der Waals surface area contributed by atoms with Crippen LogP contribution < -0.4 is 10.2 Å². The smallest absolute Gasteiger partial charge is 0.248 e. The minimum Gasteiger partial charge on any atom is -0.482 e. The SMILES string of the molecule is CC(C)[C@@H]1CC[C@@H](C)C[C@H]1OCC(=O)N1CCN(Cc2cc(=O)c(OCc3ccc(C(C)(C)C)cc3)co2)CC1. The predicted octanol–water partition coefficient (Wildman–Crippen LogP) is 5.64. The number of rotatable bonds is 9. The van der Waals surface area contributed by atoms with Crippen molar-refractivity contribution < 1.29 is 18.7 Å².